The number of carbonyl (C=O) groups excluding carboxylic acids is 1. The molecule has 0 bridgehead atoms. The van der Waals surface area contributed by atoms with E-state index in [9.17, 15) is 13.6 Å². The van der Waals surface area contributed by atoms with Gasteiger partial charge in [-0.2, -0.15) is 0 Å². The summed E-state index contributed by atoms with van der Waals surface area (Å²) in [5.41, 5.74) is 3.81. The molecule has 4 aromatic rings. The van der Waals surface area contributed by atoms with Crippen molar-refractivity contribution in [1.29, 1.82) is 0 Å². The largest absolute Gasteiger partial charge is 0.444 e. The number of rotatable bonds is 2. The van der Waals surface area contributed by atoms with E-state index in [2.05, 4.69) is 29.1 Å². The average Bonchev–Trinajstić information content (AvgIpc) is 3.51. The first-order valence-corrected chi connectivity index (χ1v) is 14.7. The van der Waals surface area contributed by atoms with Crippen molar-refractivity contribution < 1.29 is 18.3 Å². The third-order valence-electron chi connectivity index (χ3n) is 8.36. The number of aromatic nitrogens is 2. The number of benzene rings is 2. The third kappa shape index (κ3) is 6.75. The molecule has 4 atom stereocenters. The van der Waals surface area contributed by atoms with Crippen molar-refractivity contribution in [1.82, 2.24) is 20.2 Å². The molecule has 1 amide bonds. The van der Waals surface area contributed by atoms with Crippen LogP contribution in [0.25, 0.3) is 21.8 Å². The van der Waals surface area contributed by atoms with Crippen molar-refractivity contribution >= 4 is 27.9 Å². The van der Waals surface area contributed by atoms with Crippen LogP contribution in [0.3, 0.4) is 0 Å². The Labute approximate surface area is 240 Å². The number of nitrogens with zero attached hydrogens (tertiary/aromatic N) is 1. The topological polar surface area (TPSA) is 73.2 Å². The summed E-state index contributed by atoms with van der Waals surface area (Å²) in [5, 5.41) is 5.70. The monoisotopic (exact) mass is 564 g/mol. The molecule has 41 heavy (non-hydrogen) atoms. The van der Waals surface area contributed by atoms with Crippen LogP contribution >= 0.6 is 0 Å². The highest BCUT2D eigenvalue weighted by Crippen LogP contribution is 2.36. The van der Waals surface area contributed by atoms with E-state index in [1.165, 1.54) is 28.6 Å². The number of halogens is 2. The van der Waals surface area contributed by atoms with Crippen LogP contribution in [0.2, 0.25) is 0 Å². The highest BCUT2D eigenvalue weighted by atomic mass is 19.1. The maximum absolute atomic E-state index is 13.3. The number of piperidine rings is 2. The van der Waals surface area contributed by atoms with E-state index < -0.39 is 5.60 Å². The molecular formula is C33H42F2N4O2. The van der Waals surface area contributed by atoms with E-state index in [-0.39, 0.29) is 23.8 Å². The molecule has 3 N–H and O–H groups in total. The van der Waals surface area contributed by atoms with Crippen LogP contribution in [0.5, 0.6) is 0 Å². The summed E-state index contributed by atoms with van der Waals surface area (Å²) in [7, 11) is 0. The van der Waals surface area contributed by atoms with E-state index in [0.717, 1.165) is 48.6 Å². The Hall–Kier alpha value is -3.39. The fraction of sp³-hybridized carbons (Fsp3) is 0.485. The first kappa shape index (κ1) is 29.1. The van der Waals surface area contributed by atoms with Gasteiger partial charge in [0.2, 0.25) is 0 Å². The predicted molar refractivity (Wildman–Crippen MR) is 160 cm³/mol. The summed E-state index contributed by atoms with van der Waals surface area (Å²) in [4.78, 5) is 20.5. The Morgan fingerprint density at radius 1 is 0.878 bits per heavy atom. The number of H-pyrrole nitrogens is 2. The van der Waals surface area contributed by atoms with Crippen LogP contribution < -0.4 is 5.32 Å². The standard InChI is InChI=1S/C19H25FN2O2.C14H17FN2/c1-12-9-13(7-8-22(12)18(23)24-19(2,3)4)16-11-21-17-10-14(20)5-6-15(16)17;1-9-6-10(4-5-16-9)13-8-17-14-7-11(15)2-3-12(13)14/h5-6,10-13,21H,7-9H2,1-4H3;2-3,7-10,16-17H,4-6H2,1H3/t12-,13+;9-,10+/m01/s1. The summed E-state index contributed by atoms with van der Waals surface area (Å²) < 4.78 is 32.0. The van der Waals surface area contributed by atoms with Gasteiger partial charge in [0.1, 0.15) is 17.2 Å². The molecule has 2 saturated heterocycles. The summed E-state index contributed by atoms with van der Waals surface area (Å²) in [6.45, 7) is 11.7. The number of likely N-dealkylation sites (tertiary alicyclic amines) is 1. The van der Waals surface area contributed by atoms with Crippen molar-refractivity contribution in [2.45, 2.75) is 89.8 Å². The van der Waals surface area contributed by atoms with Crippen LogP contribution in [0.15, 0.2) is 48.8 Å². The molecule has 2 fully saturated rings. The summed E-state index contributed by atoms with van der Waals surface area (Å²) in [5.74, 6) is 0.539. The number of nitrogens with one attached hydrogen (secondary N) is 3. The lowest BCUT2D eigenvalue weighted by Gasteiger charge is -2.38. The lowest BCUT2D eigenvalue weighted by molar-refractivity contribution is 0.0104. The zero-order chi connectivity index (χ0) is 29.3. The smallest absolute Gasteiger partial charge is 0.410 e. The number of hydrogen-bond donors (Lipinski definition) is 3. The molecule has 220 valence electrons. The highest BCUT2D eigenvalue weighted by Gasteiger charge is 2.33. The Morgan fingerprint density at radius 3 is 1.95 bits per heavy atom. The van der Waals surface area contributed by atoms with E-state index >= 15 is 0 Å². The second-order valence-corrected chi connectivity index (χ2v) is 12.7. The second kappa shape index (κ2) is 11.8. The van der Waals surface area contributed by atoms with Gasteiger partial charge >= 0.3 is 6.09 Å². The maximum Gasteiger partial charge on any atom is 0.410 e. The van der Waals surface area contributed by atoms with Crippen molar-refractivity contribution in [3.05, 3.63) is 71.6 Å². The summed E-state index contributed by atoms with van der Waals surface area (Å²) in [6.07, 6.45) is 7.86. The van der Waals surface area contributed by atoms with Crippen LogP contribution in [-0.4, -0.2) is 51.7 Å². The molecule has 0 aliphatic carbocycles. The highest BCUT2D eigenvalue weighted by molar-refractivity contribution is 5.84. The molecule has 4 heterocycles. The quantitative estimate of drug-likeness (QED) is 0.231. The third-order valence-corrected chi connectivity index (χ3v) is 8.36. The minimum atomic E-state index is -0.478. The second-order valence-electron chi connectivity index (χ2n) is 12.7. The first-order valence-electron chi connectivity index (χ1n) is 14.7. The Morgan fingerprint density at radius 2 is 1.44 bits per heavy atom. The molecule has 2 aromatic heterocycles. The molecule has 6 rings (SSSR count). The van der Waals surface area contributed by atoms with Crippen LogP contribution in [0.1, 0.15) is 83.3 Å². The molecule has 0 unspecified atom stereocenters. The average molecular weight is 565 g/mol. The minimum Gasteiger partial charge on any atom is -0.444 e. The lowest BCUT2D eigenvalue weighted by Crippen LogP contribution is -2.46. The van der Waals surface area contributed by atoms with Crippen molar-refractivity contribution in [3.8, 4) is 0 Å². The molecule has 6 nitrogen and oxygen atoms in total. The number of amides is 1. The molecule has 2 aliphatic heterocycles. The first-order chi connectivity index (χ1) is 19.5. The lowest BCUT2D eigenvalue weighted by atomic mass is 9.86. The normalized spacial score (nSPS) is 23.3. The van der Waals surface area contributed by atoms with Crippen molar-refractivity contribution in [2.24, 2.45) is 0 Å². The number of ether oxygens (including phenoxy) is 1. The van der Waals surface area contributed by atoms with E-state index in [1.54, 1.807) is 12.1 Å². The van der Waals surface area contributed by atoms with Gasteiger partial charge in [-0.05, 0) is 126 Å². The van der Waals surface area contributed by atoms with Crippen molar-refractivity contribution in [3.63, 3.8) is 0 Å². The van der Waals surface area contributed by atoms with E-state index in [1.807, 2.05) is 50.2 Å². The minimum absolute atomic E-state index is 0.115. The maximum atomic E-state index is 13.3. The van der Waals surface area contributed by atoms with Gasteiger partial charge in [-0.15, -0.1) is 0 Å². The fourth-order valence-electron chi connectivity index (χ4n) is 6.38. The molecule has 2 aromatic carbocycles. The number of hydrogen-bond acceptors (Lipinski definition) is 3. The Bertz CT molecular complexity index is 1500. The molecule has 8 heteroatoms. The molecule has 0 radical (unpaired) electrons. The summed E-state index contributed by atoms with van der Waals surface area (Å²) in [6, 6.07) is 10.6. The number of carbonyl (C=O) groups is 1. The van der Waals surface area contributed by atoms with Crippen LogP contribution in [0, 0.1) is 11.6 Å². The zero-order valence-electron chi connectivity index (χ0n) is 24.7. The SMILES string of the molecule is C[C@@H]1C[C@@H](c2c[nH]c3cc(F)ccc23)CCN1.C[C@H]1C[C@H](c2c[nH]c3cc(F)ccc23)CCN1C(=O)OC(C)(C)C. The molecule has 2 aliphatic rings. The van der Waals surface area contributed by atoms with Gasteiger partial charge < -0.3 is 24.9 Å². The van der Waals surface area contributed by atoms with Crippen LogP contribution in [0.4, 0.5) is 13.6 Å². The molecule has 0 saturated carbocycles. The molecular weight excluding hydrogens is 522 g/mol. The van der Waals surface area contributed by atoms with Crippen molar-refractivity contribution in [2.75, 3.05) is 13.1 Å². The van der Waals surface area contributed by atoms with Gasteiger partial charge in [0.25, 0.3) is 0 Å². The van der Waals surface area contributed by atoms with E-state index in [4.69, 9.17) is 4.74 Å². The van der Waals surface area contributed by atoms with Gasteiger partial charge in [0.05, 0.1) is 0 Å². The van der Waals surface area contributed by atoms with Gasteiger partial charge in [-0.3, -0.25) is 0 Å². The predicted octanol–water partition coefficient (Wildman–Crippen LogP) is 7.97. The summed E-state index contributed by atoms with van der Waals surface area (Å²) >= 11 is 0. The van der Waals surface area contributed by atoms with Gasteiger partial charge in [0, 0.05) is 52.8 Å². The zero-order valence-corrected chi connectivity index (χ0v) is 24.7. The van der Waals surface area contributed by atoms with E-state index in [0.29, 0.717) is 24.4 Å². The van der Waals surface area contributed by atoms with Gasteiger partial charge in [0.15, 0.2) is 0 Å². The van der Waals surface area contributed by atoms with Gasteiger partial charge in [-0.25, -0.2) is 13.6 Å². The molecule has 0 spiro atoms. The Balaban J connectivity index is 0.000000174. The fourth-order valence-corrected chi connectivity index (χ4v) is 6.38. The number of fused-ring (bicyclic) bond motifs is 2. The number of aromatic amines is 2. The van der Waals surface area contributed by atoms with Gasteiger partial charge in [-0.1, -0.05) is 0 Å². The Kier molecular flexibility index (Phi) is 8.41. The van der Waals surface area contributed by atoms with Crippen LogP contribution in [-0.2, 0) is 4.74 Å².